The summed E-state index contributed by atoms with van der Waals surface area (Å²) < 4.78 is 0.888. The highest BCUT2D eigenvalue weighted by molar-refractivity contribution is 8.22. The zero-order valence-corrected chi connectivity index (χ0v) is 12.0. The zero-order valence-electron chi connectivity index (χ0n) is 9.65. The molecule has 1 aromatic rings. The number of thiocarbonyl (C=S) groups is 1. The van der Waals surface area contributed by atoms with Gasteiger partial charge in [0.1, 0.15) is 9.35 Å². The third-order valence-electron chi connectivity index (χ3n) is 2.61. The molecule has 1 aromatic heterocycles. The van der Waals surface area contributed by atoms with Crippen molar-refractivity contribution in [3.05, 3.63) is 17.0 Å². The quantitative estimate of drug-likeness (QED) is 0.342. The molecule has 0 aromatic carbocycles. The van der Waals surface area contributed by atoms with E-state index >= 15 is 0 Å². The molecule has 0 aliphatic carbocycles. The zero-order chi connectivity index (χ0) is 12.3. The first-order valence-electron chi connectivity index (χ1n) is 5.63. The Labute approximate surface area is 116 Å². The molecular weight excluding hydrogens is 274 g/mol. The Hall–Kier alpha value is -0.390. The minimum Gasteiger partial charge on any atom is -0.357 e. The lowest BCUT2D eigenvalue weighted by Crippen LogP contribution is -2.32. The Balaban J connectivity index is 2.01. The molecule has 6 heteroatoms. The number of piperidine rings is 1. The Morgan fingerprint density at radius 3 is 2.71 bits per heavy atom. The molecule has 0 unspecified atom stereocenters. The van der Waals surface area contributed by atoms with Gasteiger partial charge in [0, 0.05) is 18.8 Å². The van der Waals surface area contributed by atoms with Crippen LogP contribution in [0.2, 0.25) is 5.28 Å². The number of aryl methyl sites for hydroxylation is 1. The highest BCUT2D eigenvalue weighted by atomic mass is 35.5. The summed E-state index contributed by atoms with van der Waals surface area (Å²) in [5.41, 5.74) is 0.869. The minimum atomic E-state index is 0.286. The summed E-state index contributed by atoms with van der Waals surface area (Å²) in [7, 11) is 0. The molecule has 1 aliphatic rings. The summed E-state index contributed by atoms with van der Waals surface area (Å²) in [5.74, 6) is 0. The van der Waals surface area contributed by atoms with E-state index in [1.807, 2.05) is 13.0 Å². The first kappa shape index (κ1) is 13.1. The first-order valence-corrected chi connectivity index (χ1v) is 7.23. The monoisotopic (exact) mass is 287 g/mol. The highest BCUT2D eigenvalue weighted by Crippen LogP contribution is 2.23. The van der Waals surface area contributed by atoms with E-state index in [1.165, 1.54) is 31.0 Å². The molecule has 0 saturated carbocycles. The summed E-state index contributed by atoms with van der Waals surface area (Å²) >= 11 is 12.8. The SMILES string of the molecule is Cc1cc(SC(=S)N2CCCCC2)nc(Cl)n1. The van der Waals surface area contributed by atoms with Gasteiger partial charge in [-0.05, 0) is 55.6 Å². The minimum absolute atomic E-state index is 0.286. The highest BCUT2D eigenvalue weighted by Gasteiger charge is 2.15. The molecule has 0 N–H and O–H groups in total. The van der Waals surface area contributed by atoms with Crippen LogP contribution in [0.3, 0.4) is 0 Å². The molecular formula is C11H14ClN3S2. The Morgan fingerprint density at radius 2 is 2.06 bits per heavy atom. The van der Waals surface area contributed by atoms with Gasteiger partial charge in [-0.15, -0.1) is 0 Å². The van der Waals surface area contributed by atoms with Crippen LogP contribution in [0.4, 0.5) is 0 Å². The number of hydrogen-bond acceptors (Lipinski definition) is 4. The summed E-state index contributed by atoms with van der Waals surface area (Å²) in [6.45, 7) is 4.02. The first-order chi connectivity index (χ1) is 8.15. The van der Waals surface area contributed by atoms with Crippen LogP contribution in [-0.4, -0.2) is 32.3 Å². The fourth-order valence-electron chi connectivity index (χ4n) is 1.79. The number of nitrogens with zero attached hydrogens (tertiary/aromatic N) is 3. The summed E-state index contributed by atoms with van der Waals surface area (Å²) in [5, 5.41) is 1.12. The molecule has 0 spiro atoms. The lowest BCUT2D eigenvalue weighted by Gasteiger charge is -2.28. The fourth-order valence-corrected chi connectivity index (χ4v) is 3.35. The summed E-state index contributed by atoms with van der Waals surface area (Å²) in [4.78, 5) is 10.5. The fraction of sp³-hybridized carbons (Fsp3) is 0.545. The van der Waals surface area contributed by atoms with Gasteiger partial charge in [-0.25, -0.2) is 9.97 Å². The van der Waals surface area contributed by atoms with Crippen molar-refractivity contribution in [3.63, 3.8) is 0 Å². The Morgan fingerprint density at radius 1 is 1.35 bits per heavy atom. The standard InChI is InChI=1S/C11H14ClN3S2/c1-8-7-9(14-10(12)13-8)17-11(16)15-5-3-2-4-6-15/h7H,2-6H2,1H3. The van der Waals surface area contributed by atoms with Crippen molar-refractivity contribution in [1.29, 1.82) is 0 Å². The Kier molecular flexibility index (Phi) is 4.59. The maximum absolute atomic E-state index is 5.83. The third kappa shape index (κ3) is 3.79. The van der Waals surface area contributed by atoms with Gasteiger partial charge in [-0.3, -0.25) is 0 Å². The second kappa shape index (κ2) is 5.98. The molecule has 0 amide bonds. The predicted octanol–water partition coefficient (Wildman–Crippen LogP) is 3.30. The molecule has 17 heavy (non-hydrogen) atoms. The van der Waals surface area contributed by atoms with Gasteiger partial charge in [0.15, 0.2) is 0 Å². The lowest BCUT2D eigenvalue weighted by atomic mass is 10.1. The van der Waals surface area contributed by atoms with Gasteiger partial charge >= 0.3 is 0 Å². The number of rotatable bonds is 1. The predicted molar refractivity (Wildman–Crippen MR) is 75.7 cm³/mol. The van der Waals surface area contributed by atoms with Crippen LogP contribution in [0, 0.1) is 6.92 Å². The average molecular weight is 288 g/mol. The van der Waals surface area contributed by atoms with Gasteiger partial charge in [0.25, 0.3) is 0 Å². The summed E-state index contributed by atoms with van der Waals surface area (Å²) in [6.07, 6.45) is 3.76. The number of aromatic nitrogens is 2. The normalized spacial score (nSPS) is 16.0. The van der Waals surface area contributed by atoms with E-state index in [-0.39, 0.29) is 5.28 Å². The molecule has 1 fully saturated rings. The largest absolute Gasteiger partial charge is 0.357 e. The number of likely N-dealkylation sites (tertiary alicyclic amines) is 1. The van der Waals surface area contributed by atoms with E-state index in [9.17, 15) is 0 Å². The van der Waals surface area contributed by atoms with Crippen LogP contribution in [0.5, 0.6) is 0 Å². The van der Waals surface area contributed by atoms with Crippen molar-refractivity contribution in [2.45, 2.75) is 31.2 Å². The average Bonchev–Trinajstić information content (AvgIpc) is 2.28. The van der Waals surface area contributed by atoms with Crippen LogP contribution in [0.15, 0.2) is 11.1 Å². The molecule has 2 heterocycles. The maximum Gasteiger partial charge on any atom is 0.223 e. The van der Waals surface area contributed by atoms with Crippen LogP contribution in [0.25, 0.3) is 0 Å². The third-order valence-corrected chi connectivity index (χ3v) is 4.14. The van der Waals surface area contributed by atoms with Gasteiger partial charge in [0.05, 0.1) is 0 Å². The number of halogens is 1. The van der Waals surface area contributed by atoms with Crippen molar-refractivity contribution in [1.82, 2.24) is 14.9 Å². The lowest BCUT2D eigenvalue weighted by molar-refractivity contribution is 0.352. The Bertz CT molecular complexity index is 399. The van der Waals surface area contributed by atoms with Crippen LogP contribution >= 0.6 is 35.6 Å². The molecule has 2 rings (SSSR count). The van der Waals surface area contributed by atoms with Crippen molar-refractivity contribution in [2.24, 2.45) is 0 Å². The van der Waals surface area contributed by atoms with E-state index in [4.69, 9.17) is 23.8 Å². The summed E-state index contributed by atoms with van der Waals surface area (Å²) in [6, 6.07) is 1.91. The van der Waals surface area contributed by atoms with E-state index in [2.05, 4.69) is 14.9 Å². The van der Waals surface area contributed by atoms with E-state index in [0.29, 0.717) is 0 Å². The van der Waals surface area contributed by atoms with Crippen LogP contribution < -0.4 is 0 Å². The second-order valence-corrected chi connectivity index (χ2v) is 6.02. The van der Waals surface area contributed by atoms with Gasteiger partial charge in [0.2, 0.25) is 5.28 Å². The van der Waals surface area contributed by atoms with Gasteiger partial charge < -0.3 is 4.90 Å². The van der Waals surface area contributed by atoms with E-state index < -0.39 is 0 Å². The van der Waals surface area contributed by atoms with Crippen LogP contribution in [0.1, 0.15) is 25.0 Å². The molecule has 0 radical (unpaired) electrons. The molecule has 3 nitrogen and oxygen atoms in total. The second-order valence-electron chi connectivity index (χ2n) is 4.03. The molecule has 92 valence electrons. The number of thioether (sulfide) groups is 1. The smallest absolute Gasteiger partial charge is 0.223 e. The molecule has 1 aliphatic heterocycles. The van der Waals surface area contributed by atoms with Gasteiger partial charge in [-0.2, -0.15) is 0 Å². The van der Waals surface area contributed by atoms with Crippen molar-refractivity contribution >= 4 is 39.9 Å². The van der Waals surface area contributed by atoms with Gasteiger partial charge in [-0.1, -0.05) is 12.2 Å². The maximum atomic E-state index is 5.83. The number of hydrogen-bond donors (Lipinski definition) is 0. The molecule has 0 bridgehead atoms. The van der Waals surface area contributed by atoms with Crippen molar-refractivity contribution in [3.8, 4) is 0 Å². The van der Waals surface area contributed by atoms with E-state index in [1.54, 1.807) is 0 Å². The molecule has 1 saturated heterocycles. The van der Waals surface area contributed by atoms with Crippen LogP contribution in [-0.2, 0) is 0 Å². The van der Waals surface area contributed by atoms with Crippen molar-refractivity contribution in [2.75, 3.05) is 13.1 Å². The van der Waals surface area contributed by atoms with E-state index in [0.717, 1.165) is 28.1 Å². The molecule has 0 atom stereocenters. The van der Waals surface area contributed by atoms with Crippen molar-refractivity contribution < 1.29 is 0 Å². The topological polar surface area (TPSA) is 29.0 Å².